The molecule has 10 aromatic carbocycles. The van der Waals surface area contributed by atoms with E-state index >= 15 is 0 Å². The molecule has 0 aliphatic rings. The molecule has 0 amide bonds. The predicted octanol–water partition coefficient (Wildman–Crippen LogP) is -21.8. The summed E-state index contributed by atoms with van der Waals surface area (Å²) in [6.07, 6.45) is 0. The molecule has 11 aromatic rings. The fraction of sp³-hybridized carbons (Fsp3) is 0. The maximum atomic E-state index is 7.47. The van der Waals surface area contributed by atoms with Crippen molar-refractivity contribution in [2.75, 3.05) is 0 Å². The van der Waals surface area contributed by atoms with Crippen molar-refractivity contribution in [2.45, 2.75) is 0 Å². The first kappa shape index (κ1) is 58.0. The lowest BCUT2D eigenvalue weighted by atomic mass is 9.55. The maximum Gasteiger partial charge on any atom is 0.128 e. The van der Waals surface area contributed by atoms with Gasteiger partial charge in [-0.1, -0.05) is 115 Å². The van der Waals surface area contributed by atoms with Crippen LogP contribution in [0, 0.1) is 0 Å². The maximum absolute atomic E-state index is 7.47. The van der Waals surface area contributed by atoms with Gasteiger partial charge >= 0.3 is 0 Å². The van der Waals surface area contributed by atoms with Crippen LogP contribution in [0.15, 0.2) is 4.42 Å². The summed E-state index contributed by atoms with van der Waals surface area (Å²) in [5.41, 5.74) is -5.86. The third kappa shape index (κ3) is 7.30. The van der Waals surface area contributed by atoms with Crippen LogP contribution in [0.25, 0.3) is 109 Å². The minimum atomic E-state index is -0.299. The zero-order valence-corrected chi connectivity index (χ0v) is 42.7. The van der Waals surface area contributed by atoms with E-state index in [0.29, 0.717) is 0 Å². The summed E-state index contributed by atoms with van der Waals surface area (Å²) in [4.78, 5) is 0. The minimum absolute atomic E-state index is 0.0359. The first-order valence-electron chi connectivity index (χ1n) is 23.8. The van der Waals surface area contributed by atoms with Crippen LogP contribution in [-0.4, -0.2) is 235 Å². The Kier molecular flexibility index (Phi) is 13.9. The number of hydrogen-bond donors (Lipinski definition) is 0. The summed E-state index contributed by atoms with van der Waals surface area (Å²) in [5, 5.41) is 0.545. The SMILES string of the molecule is [B]c1c([B])c(-c2c([B])c([B])c3c([B])c([B])c4c([B])c([B])c([B])c([B])c4c3c2[B])c([B])c(-c2c3c([B])c([B])c([B])c([B])c3c(-c3c([B])c([B])c4oc5c([B])c([B])c6c([B])c([B])c([B])c([B])c6c5c4c3[B])c3c([B])c([B])c([B])c([B])c23)c1[B]. The van der Waals surface area contributed by atoms with E-state index in [-0.39, 0.29) is 273 Å². The molecule has 0 aliphatic heterocycles. The van der Waals surface area contributed by atoms with Crippen molar-refractivity contribution in [1.82, 2.24) is 0 Å². The molecule has 0 bridgehead atoms. The van der Waals surface area contributed by atoms with Crippen LogP contribution in [-0.2, 0) is 0 Å². The summed E-state index contributed by atoms with van der Waals surface area (Å²) in [6.45, 7) is 0. The quantitative estimate of drug-likeness (QED) is 0.0977. The highest BCUT2D eigenvalue weighted by molar-refractivity contribution is 6.79. The lowest BCUT2D eigenvalue weighted by Gasteiger charge is -2.33. The highest BCUT2D eigenvalue weighted by atomic mass is 16.3. The molecule has 0 N–H and O–H groups in total. The van der Waals surface area contributed by atoms with Gasteiger partial charge in [-0.2, -0.15) is 0 Å². The van der Waals surface area contributed by atoms with E-state index in [2.05, 4.69) is 0 Å². The zero-order valence-electron chi connectivity index (χ0n) is 42.7. The van der Waals surface area contributed by atoms with Gasteiger partial charge in [0, 0.05) is 10.8 Å². The van der Waals surface area contributed by atoms with Crippen LogP contribution < -0.4 is 164 Å². The number of rotatable bonds is 3. The number of benzene rings is 10. The van der Waals surface area contributed by atoms with Gasteiger partial charge in [0.15, 0.2) is 0 Å². The average Bonchev–Trinajstić information content (AvgIpc) is 3.97. The normalized spacial score (nSPS) is 12.0. The molecule has 0 saturated carbocycles. The van der Waals surface area contributed by atoms with E-state index < -0.39 is 0 Å². The van der Waals surface area contributed by atoms with Crippen LogP contribution >= 0.6 is 0 Å². The second-order valence-electron chi connectivity index (χ2n) is 19.9. The molecule has 31 heteroatoms. The van der Waals surface area contributed by atoms with E-state index in [1.54, 1.807) is 0 Å². The van der Waals surface area contributed by atoms with E-state index in [1.165, 1.54) is 0 Å². The van der Waals surface area contributed by atoms with E-state index in [1.807, 2.05) is 0 Å². The molecule has 0 atom stereocenters. The Labute approximate surface area is 509 Å². The lowest BCUT2D eigenvalue weighted by Crippen LogP contribution is -2.52. The molecule has 1 aromatic heterocycles. The van der Waals surface area contributed by atoms with Gasteiger partial charge in [-0.15, -0.1) is 49.2 Å². The van der Waals surface area contributed by atoms with Crippen molar-refractivity contribution < 1.29 is 4.42 Å². The van der Waals surface area contributed by atoms with Gasteiger partial charge in [-0.25, -0.2) is 0 Å². The number of fused-ring (bicyclic) bond motifs is 10. The average molecular weight is 941 g/mol. The second kappa shape index (κ2) is 19.4. The Morgan fingerprint density at radius 2 is 0.296 bits per heavy atom. The minimum Gasteiger partial charge on any atom is -0.457 e. The molecule has 0 spiro atoms. The molecule has 0 saturated heterocycles. The van der Waals surface area contributed by atoms with Crippen molar-refractivity contribution in [3.63, 3.8) is 0 Å². The van der Waals surface area contributed by atoms with Crippen LogP contribution in [0.2, 0.25) is 0 Å². The Balaban J connectivity index is 1.40. The van der Waals surface area contributed by atoms with Crippen LogP contribution in [0.5, 0.6) is 0 Å². The summed E-state index contributed by atoms with van der Waals surface area (Å²) in [5.74, 6) is 0. The fourth-order valence-electron chi connectivity index (χ4n) is 11.8. The van der Waals surface area contributed by atoms with Gasteiger partial charge < -0.3 is 4.42 Å². The second-order valence-corrected chi connectivity index (χ2v) is 19.9. The van der Waals surface area contributed by atoms with Gasteiger partial charge in [-0.05, 0) is 87.2 Å². The van der Waals surface area contributed by atoms with Crippen molar-refractivity contribution in [3.05, 3.63) is 0 Å². The van der Waals surface area contributed by atoms with Crippen molar-refractivity contribution in [2.24, 2.45) is 0 Å². The van der Waals surface area contributed by atoms with Gasteiger partial charge in [0.25, 0.3) is 0 Å². The highest BCUT2D eigenvalue weighted by Gasteiger charge is 2.32. The van der Waals surface area contributed by atoms with Crippen molar-refractivity contribution >= 4 is 475 Å². The Morgan fingerprint density at radius 3 is 0.679 bits per heavy atom. The van der Waals surface area contributed by atoms with Crippen LogP contribution in [0.3, 0.4) is 0 Å². The highest BCUT2D eigenvalue weighted by Crippen LogP contribution is 2.41. The van der Waals surface area contributed by atoms with E-state index in [0.717, 1.165) is 0 Å². The third-order valence-electron chi connectivity index (χ3n) is 16.0. The Morgan fingerprint density at radius 1 is 0.111 bits per heavy atom. The molecule has 1 heterocycles. The van der Waals surface area contributed by atoms with Crippen LogP contribution in [0.4, 0.5) is 0 Å². The standard InChI is InChI=1S/C50B30O/c51-19-7-8-14(33(65)45(77)43(75)26(8)58)30(62)28(60)13(7)29(61)31(63)16(19)17-20(52)11(32(64)38(70)35(17)67)1-3-5(24(56)41(73)39(71)22(3)54)2(6-4(1)23(55)40(72)42(74)25(6)57)12-21(53)18-10-9-15(34(66)46(78)44(76)27(9)59)37(69)47(79)49(10)81-50(18)48(80)36(12)68. The topological polar surface area (TPSA) is 13.1 Å². The molecule has 11 rings (SSSR count). The number of furan rings is 1. The van der Waals surface area contributed by atoms with Crippen molar-refractivity contribution in [3.8, 4) is 33.4 Å². The van der Waals surface area contributed by atoms with Gasteiger partial charge in [0.2, 0.25) is 0 Å². The van der Waals surface area contributed by atoms with Gasteiger partial charge in [0.1, 0.15) is 247 Å². The Bertz CT molecular complexity index is 4850. The zero-order chi connectivity index (χ0) is 59.6. The monoisotopic (exact) mass is 946 g/mol. The first-order valence-corrected chi connectivity index (χ1v) is 23.8. The smallest absolute Gasteiger partial charge is 0.128 e. The Hall–Kier alpha value is -4.75. The molecule has 296 valence electrons. The molecule has 0 aliphatic carbocycles. The largest absolute Gasteiger partial charge is 0.457 e. The van der Waals surface area contributed by atoms with Crippen molar-refractivity contribution in [1.29, 1.82) is 0 Å². The van der Waals surface area contributed by atoms with E-state index in [4.69, 9.17) is 240 Å². The molecule has 1 nitrogen and oxygen atoms in total. The third-order valence-corrected chi connectivity index (χ3v) is 16.0. The fourth-order valence-corrected chi connectivity index (χ4v) is 11.8. The molecule has 0 fully saturated rings. The van der Waals surface area contributed by atoms with Gasteiger partial charge in [0.05, 0.1) is 0 Å². The predicted molar refractivity (Wildman–Crippen MR) is 379 cm³/mol. The molecular weight excluding hydrogens is 941 g/mol. The summed E-state index contributed by atoms with van der Waals surface area (Å²) in [6, 6.07) is 0. The molecule has 60 radical (unpaired) electrons. The number of hydrogen-bond acceptors (Lipinski definition) is 1. The summed E-state index contributed by atoms with van der Waals surface area (Å²) < 4.78 is 6.39. The first-order chi connectivity index (χ1) is 37.8. The molecular formula is C50B30O. The molecule has 81 heavy (non-hydrogen) atoms. The summed E-state index contributed by atoms with van der Waals surface area (Å²) in [7, 11) is 206. The lowest BCUT2D eigenvalue weighted by molar-refractivity contribution is 0.675. The van der Waals surface area contributed by atoms with Crippen LogP contribution in [0.1, 0.15) is 0 Å². The molecule has 0 unspecified atom stereocenters. The van der Waals surface area contributed by atoms with Gasteiger partial charge in [-0.3, -0.25) is 0 Å². The van der Waals surface area contributed by atoms with E-state index in [9.17, 15) is 0 Å². The summed E-state index contributed by atoms with van der Waals surface area (Å²) >= 11 is 0.